The topological polar surface area (TPSA) is 40.5 Å². The molecule has 0 spiro atoms. The van der Waals surface area contributed by atoms with Crippen molar-refractivity contribution >= 4 is 5.91 Å². The summed E-state index contributed by atoms with van der Waals surface area (Å²) in [5.41, 5.74) is 2.10. The average Bonchev–Trinajstić information content (AvgIpc) is 2.38. The Balaban J connectivity index is 2.31. The normalized spacial score (nSPS) is 27.1. The molecule has 1 heterocycles. The molecule has 1 amide bonds. The number of likely N-dealkylation sites (tertiary alicyclic amines) is 1. The quantitative estimate of drug-likeness (QED) is 0.829. The van der Waals surface area contributed by atoms with E-state index in [-0.39, 0.29) is 17.9 Å². The second kappa shape index (κ2) is 5.57. The van der Waals surface area contributed by atoms with Gasteiger partial charge in [0.15, 0.2) is 0 Å². The highest BCUT2D eigenvalue weighted by atomic mass is 16.3. The summed E-state index contributed by atoms with van der Waals surface area (Å²) in [7, 11) is 0. The van der Waals surface area contributed by atoms with Crippen molar-refractivity contribution in [3.8, 4) is 0 Å². The number of hydrogen-bond donors (Lipinski definition) is 1. The number of carbonyl (C=O) groups excluding carboxylic acids is 1. The molecule has 0 unspecified atom stereocenters. The van der Waals surface area contributed by atoms with Crippen LogP contribution in [0.5, 0.6) is 0 Å². The minimum Gasteiger partial charge on any atom is -0.391 e. The number of β-amino-alcohol motifs (C(OH)–C–C–N with tert-alkyl or cyclic N) is 1. The molecule has 19 heavy (non-hydrogen) atoms. The molecule has 1 aliphatic rings. The summed E-state index contributed by atoms with van der Waals surface area (Å²) in [6.07, 6.45) is 0.224. The number of benzene rings is 1. The van der Waals surface area contributed by atoms with E-state index < -0.39 is 6.10 Å². The molecular formula is C16H21NO2. The Morgan fingerprint density at radius 1 is 1.32 bits per heavy atom. The lowest BCUT2D eigenvalue weighted by Crippen LogP contribution is -2.47. The first-order valence-corrected chi connectivity index (χ1v) is 6.66. The first-order valence-electron chi connectivity index (χ1n) is 6.66. The molecule has 0 radical (unpaired) electrons. The van der Waals surface area contributed by atoms with E-state index in [1.165, 1.54) is 0 Å². The zero-order valence-electron chi connectivity index (χ0n) is 11.5. The van der Waals surface area contributed by atoms with Gasteiger partial charge in [-0.15, -0.1) is 0 Å². The minimum absolute atomic E-state index is 0.00747. The van der Waals surface area contributed by atoms with E-state index >= 15 is 0 Å². The zero-order chi connectivity index (χ0) is 14.0. The van der Waals surface area contributed by atoms with Crippen molar-refractivity contribution in [1.29, 1.82) is 0 Å². The molecule has 1 aromatic rings. The van der Waals surface area contributed by atoms with Gasteiger partial charge >= 0.3 is 0 Å². The second-order valence-electron chi connectivity index (χ2n) is 5.35. The number of amides is 1. The number of aliphatic hydroxyl groups is 1. The third kappa shape index (κ3) is 2.87. The number of hydrogen-bond acceptors (Lipinski definition) is 2. The van der Waals surface area contributed by atoms with Crippen LogP contribution in [-0.4, -0.2) is 28.6 Å². The smallest absolute Gasteiger partial charge is 0.220 e. The summed E-state index contributed by atoms with van der Waals surface area (Å²) in [4.78, 5) is 13.6. The third-order valence-corrected chi connectivity index (χ3v) is 3.92. The average molecular weight is 259 g/mol. The van der Waals surface area contributed by atoms with Crippen LogP contribution in [0.25, 0.3) is 0 Å². The van der Waals surface area contributed by atoms with Crippen LogP contribution in [0.1, 0.15) is 31.9 Å². The molecule has 0 aromatic heterocycles. The van der Waals surface area contributed by atoms with Crippen LogP contribution in [0.2, 0.25) is 0 Å². The Morgan fingerprint density at radius 3 is 2.47 bits per heavy atom. The highest BCUT2D eigenvalue weighted by Gasteiger charge is 2.36. The predicted octanol–water partition coefficient (Wildman–Crippen LogP) is 2.53. The molecule has 1 N–H and O–H groups in total. The van der Waals surface area contributed by atoms with Gasteiger partial charge in [0.25, 0.3) is 0 Å². The Labute approximate surface area is 114 Å². The zero-order valence-corrected chi connectivity index (χ0v) is 11.5. The molecule has 3 nitrogen and oxygen atoms in total. The summed E-state index contributed by atoms with van der Waals surface area (Å²) < 4.78 is 0. The molecule has 3 atom stereocenters. The molecule has 1 aromatic carbocycles. The van der Waals surface area contributed by atoms with Gasteiger partial charge in [-0.1, -0.05) is 42.5 Å². The van der Waals surface area contributed by atoms with Crippen LogP contribution in [0.15, 0.2) is 42.5 Å². The minimum atomic E-state index is -0.513. The fraction of sp³-hybridized carbons (Fsp3) is 0.438. The Hall–Kier alpha value is -1.61. The van der Waals surface area contributed by atoms with Crippen LogP contribution in [0.3, 0.4) is 0 Å². The fourth-order valence-corrected chi connectivity index (χ4v) is 2.85. The molecule has 2 rings (SSSR count). The SMILES string of the molecule is C=C(C)[C@H]1C[C@H](c2ccccc2)N(C(C)=O)C[C@H]1O. The lowest BCUT2D eigenvalue weighted by molar-refractivity contribution is -0.137. The van der Waals surface area contributed by atoms with Crippen molar-refractivity contribution in [3.63, 3.8) is 0 Å². The van der Waals surface area contributed by atoms with E-state index in [4.69, 9.17) is 0 Å². The molecular weight excluding hydrogens is 238 g/mol. The van der Waals surface area contributed by atoms with E-state index in [9.17, 15) is 9.90 Å². The lowest BCUT2D eigenvalue weighted by atomic mass is 9.81. The van der Waals surface area contributed by atoms with E-state index in [0.717, 1.165) is 17.6 Å². The Morgan fingerprint density at radius 2 is 1.95 bits per heavy atom. The number of carbonyl (C=O) groups is 1. The van der Waals surface area contributed by atoms with Crippen LogP contribution in [-0.2, 0) is 4.79 Å². The summed E-state index contributed by atoms with van der Waals surface area (Å²) in [6.45, 7) is 7.85. The number of piperidine rings is 1. The standard InChI is InChI=1S/C16H21NO2/c1-11(2)14-9-15(13-7-5-4-6-8-13)17(12(3)18)10-16(14)19/h4-8,14-16,19H,1,9-10H2,2-3H3/t14-,15-,16-/m1/s1. The molecule has 1 aliphatic heterocycles. The van der Waals surface area contributed by atoms with E-state index in [2.05, 4.69) is 6.58 Å². The first-order chi connectivity index (χ1) is 9.00. The summed E-state index contributed by atoms with van der Waals surface area (Å²) in [6, 6.07) is 10.0. The summed E-state index contributed by atoms with van der Waals surface area (Å²) >= 11 is 0. The van der Waals surface area contributed by atoms with Gasteiger partial charge in [0.1, 0.15) is 0 Å². The second-order valence-corrected chi connectivity index (χ2v) is 5.35. The van der Waals surface area contributed by atoms with Crippen molar-refractivity contribution in [2.45, 2.75) is 32.4 Å². The molecule has 0 saturated carbocycles. The van der Waals surface area contributed by atoms with Crippen molar-refractivity contribution < 1.29 is 9.90 Å². The van der Waals surface area contributed by atoms with Gasteiger partial charge in [-0.05, 0) is 18.9 Å². The van der Waals surface area contributed by atoms with Crippen molar-refractivity contribution in [2.24, 2.45) is 5.92 Å². The molecule has 3 heteroatoms. The number of nitrogens with zero attached hydrogens (tertiary/aromatic N) is 1. The van der Waals surface area contributed by atoms with Crippen molar-refractivity contribution in [3.05, 3.63) is 48.0 Å². The maximum Gasteiger partial charge on any atom is 0.220 e. The monoisotopic (exact) mass is 259 g/mol. The van der Waals surface area contributed by atoms with Crippen LogP contribution >= 0.6 is 0 Å². The van der Waals surface area contributed by atoms with Crippen LogP contribution in [0, 0.1) is 5.92 Å². The van der Waals surface area contributed by atoms with Crippen LogP contribution in [0.4, 0.5) is 0 Å². The largest absolute Gasteiger partial charge is 0.391 e. The van der Waals surface area contributed by atoms with Gasteiger partial charge in [0, 0.05) is 19.4 Å². The Kier molecular flexibility index (Phi) is 4.05. The number of aliphatic hydroxyl groups excluding tert-OH is 1. The lowest BCUT2D eigenvalue weighted by Gasteiger charge is -2.42. The van der Waals surface area contributed by atoms with E-state index in [1.807, 2.05) is 37.3 Å². The summed E-state index contributed by atoms with van der Waals surface area (Å²) in [5.74, 6) is 0.0638. The van der Waals surface area contributed by atoms with Gasteiger partial charge in [0.2, 0.25) is 5.91 Å². The first kappa shape index (κ1) is 13.8. The third-order valence-electron chi connectivity index (χ3n) is 3.92. The maximum atomic E-state index is 11.8. The van der Waals surface area contributed by atoms with Crippen molar-refractivity contribution in [2.75, 3.05) is 6.54 Å². The predicted molar refractivity (Wildman–Crippen MR) is 75.5 cm³/mol. The molecule has 0 bridgehead atoms. The van der Waals surface area contributed by atoms with Crippen LogP contribution < -0.4 is 0 Å². The molecule has 102 valence electrons. The van der Waals surface area contributed by atoms with E-state index in [1.54, 1.807) is 11.8 Å². The van der Waals surface area contributed by atoms with Gasteiger partial charge < -0.3 is 10.0 Å². The highest BCUT2D eigenvalue weighted by molar-refractivity contribution is 5.74. The number of rotatable bonds is 2. The van der Waals surface area contributed by atoms with Gasteiger partial charge in [0.05, 0.1) is 12.1 Å². The maximum absolute atomic E-state index is 11.8. The van der Waals surface area contributed by atoms with Gasteiger partial charge in [-0.25, -0.2) is 0 Å². The molecule has 0 aliphatic carbocycles. The Bertz CT molecular complexity index is 469. The molecule has 1 saturated heterocycles. The highest BCUT2D eigenvalue weighted by Crippen LogP contribution is 2.37. The summed E-state index contributed by atoms with van der Waals surface area (Å²) in [5, 5.41) is 10.2. The van der Waals surface area contributed by atoms with Crippen molar-refractivity contribution in [1.82, 2.24) is 4.90 Å². The van der Waals surface area contributed by atoms with Gasteiger partial charge in [-0.3, -0.25) is 4.79 Å². The van der Waals surface area contributed by atoms with Gasteiger partial charge in [-0.2, -0.15) is 0 Å². The molecule has 1 fully saturated rings. The fourth-order valence-electron chi connectivity index (χ4n) is 2.85. The van der Waals surface area contributed by atoms with E-state index in [0.29, 0.717) is 6.54 Å².